The summed E-state index contributed by atoms with van der Waals surface area (Å²) in [7, 11) is 0. The van der Waals surface area contributed by atoms with Crippen molar-refractivity contribution in [2.75, 3.05) is 0 Å². The van der Waals surface area contributed by atoms with Crippen LogP contribution in [0.3, 0.4) is 0 Å². The van der Waals surface area contributed by atoms with E-state index in [0.717, 1.165) is 71.8 Å². The van der Waals surface area contributed by atoms with Crippen molar-refractivity contribution in [1.29, 1.82) is 0 Å². The summed E-state index contributed by atoms with van der Waals surface area (Å²) in [5.41, 5.74) is 9.14. The van der Waals surface area contributed by atoms with Crippen LogP contribution < -0.4 is 0 Å². The molecule has 10 rings (SSSR count). The average molecular weight is 588 g/mol. The number of aromatic nitrogens is 3. The number of hydrogen-bond acceptors (Lipinski definition) is 3. The van der Waals surface area contributed by atoms with E-state index in [-0.39, 0.29) is 0 Å². The van der Waals surface area contributed by atoms with Gasteiger partial charge in [0.15, 0.2) is 5.82 Å². The molecule has 0 aliphatic heterocycles. The van der Waals surface area contributed by atoms with Crippen LogP contribution in [0.5, 0.6) is 0 Å². The lowest BCUT2D eigenvalue weighted by molar-refractivity contribution is 0.673. The molecule has 0 spiro atoms. The molecule has 46 heavy (non-hydrogen) atoms. The van der Waals surface area contributed by atoms with Crippen LogP contribution in [0.2, 0.25) is 0 Å². The van der Waals surface area contributed by atoms with Gasteiger partial charge in [-0.05, 0) is 60.0 Å². The summed E-state index contributed by atoms with van der Waals surface area (Å²) < 4.78 is 8.90. The molecule has 10 aromatic rings. The maximum absolute atomic E-state index is 6.55. The summed E-state index contributed by atoms with van der Waals surface area (Å²) in [6, 6.07) is 53.0. The van der Waals surface area contributed by atoms with E-state index in [1.54, 1.807) is 0 Å². The molecule has 7 aromatic carbocycles. The molecule has 0 saturated carbocycles. The van der Waals surface area contributed by atoms with Crippen LogP contribution in [0.4, 0.5) is 0 Å². The normalized spacial score (nSPS) is 11.9. The Kier molecular flexibility index (Phi) is 5.25. The van der Waals surface area contributed by atoms with E-state index in [1.807, 2.05) is 30.3 Å². The maximum atomic E-state index is 6.55. The van der Waals surface area contributed by atoms with Gasteiger partial charge in [-0.2, -0.15) is 0 Å². The molecule has 0 unspecified atom stereocenters. The van der Waals surface area contributed by atoms with Crippen molar-refractivity contribution in [2.24, 2.45) is 0 Å². The Balaban J connectivity index is 1.18. The van der Waals surface area contributed by atoms with Gasteiger partial charge >= 0.3 is 0 Å². The molecular weight excluding hydrogens is 562 g/mol. The fourth-order valence-corrected chi connectivity index (χ4v) is 7.11. The van der Waals surface area contributed by atoms with Gasteiger partial charge in [-0.15, -0.1) is 0 Å². The number of rotatable bonds is 3. The molecule has 0 saturated heterocycles. The third-order valence-corrected chi connectivity index (χ3v) is 9.20. The van der Waals surface area contributed by atoms with Crippen molar-refractivity contribution < 1.29 is 4.42 Å². The number of hydrogen-bond donors (Lipinski definition) is 0. The van der Waals surface area contributed by atoms with Gasteiger partial charge in [0.05, 0.1) is 22.2 Å². The molecule has 0 atom stereocenters. The second-order valence-electron chi connectivity index (χ2n) is 11.8. The van der Waals surface area contributed by atoms with E-state index in [4.69, 9.17) is 14.4 Å². The molecular formula is C42H25N3O. The van der Waals surface area contributed by atoms with Crippen LogP contribution in [0.1, 0.15) is 0 Å². The van der Waals surface area contributed by atoms with Gasteiger partial charge in [0.2, 0.25) is 0 Å². The maximum Gasteiger partial charge on any atom is 0.160 e. The Morgan fingerprint density at radius 2 is 1.17 bits per heavy atom. The molecule has 0 bridgehead atoms. The van der Waals surface area contributed by atoms with Crippen LogP contribution in [0.15, 0.2) is 156 Å². The summed E-state index contributed by atoms with van der Waals surface area (Å²) in [5, 5.41) is 8.04. The zero-order chi connectivity index (χ0) is 30.2. The van der Waals surface area contributed by atoms with E-state index >= 15 is 0 Å². The molecule has 0 aliphatic rings. The lowest BCUT2D eigenvalue weighted by Gasteiger charge is -2.11. The summed E-state index contributed by atoms with van der Waals surface area (Å²) >= 11 is 0. The number of para-hydroxylation sites is 3. The van der Waals surface area contributed by atoms with Crippen LogP contribution in [0.25, 0.3) is 93.8 Å². The summed E-state index contributed by atoms with van der Waals surface area (Å²) in [4.78, 5) is 10.1. The highest BCUT2D eigenvalue weighted by Crippen LogP contribution is 2.42. The van der Waals surface area contributed by atoms with E-state index in [0.29, 0.717) is 5.82 Å². The lowest BCUT2D eigenvalue weighted by atomic mass is 10.0. The number of nitrogens with zero attached hydrogens (tertiary/aromatic N) is 3. The molecule has 4 heteroatoms. The van der Waals surface area contributed by atoms with Crippen LogP contribution in [-0.4, -0.2) is 14.5 Å². The fraction of sp³-hybridized carbons (Fsp3) is 0. The molecule has 0 radical (unpaired) electrons. The van der Waals surface area contributed by atoms with Crippen molar-refractivity contribution in [3.8, 4) is 28.3 Å². The molecule has 214 valence electrons. The zero-order valence-corrected chi connectivity index (χ0v) is 24.7. The SMILES string of the molecule is c1ccc(-c2nc(-c3ccc(-n4c5ccccc5c5c6c(ccc7c8ccccc8oc76)ccc54)cc3)nc3ccccc23)cc1. The fourth-order valence-electron chi connectivity index (χ4n) is 7.11. The number of furan rings is 1. The minimum Gasteiger partial charge on any atom is -0.455 e. The molecule has 0 fully saturated rings. The van der Waals surface area contributed by atoms with Crippen molar-refractivity contribution in [1.82, 2.24) is 14.5 Å². The summed E-state index contributed by atoms with van der Waals surface area (Å²) in [5.74, 6) is 0.713. The average Bonchev–Trinajstić information content (AvgIpc) is 3.68. The Morgan fingerprint density at radius 1 is 0.457 bits per heavy atom. The monoisotopic (exact) mass is 587 g/mol. The van der Waals surface area contributed by atoms with E-state index in [9.17, 15) is 0 Å². The molecule has 0 amide bonds. The van der Waals surface area contributed by atoms with Crippen molar-refractivity contribution in [2.45, 2.75) is 0 Å². The second-order valence-corrected chi connectivity index (χ2v) is 11.8. The molecule has 3 aromatic heterocycles. The Hall–Kier alpha value is -6.26. The van der Waals surface area contributed by atoms with Crippen molar-refractivity contribution >= 4 is 65.4 Å². The van der Waals surface area contributed by atoms with Gasteiger partial charge in [0.1, 0.15) is 11.2 Å². The summed E-state index contributed by atoms with van der Waals surface area (Å²) in [6.45, 7) is 0. The zero-order valence-electron chi connectivity index (χ0n) is 24.7. The van der Waals surface area contributed by atoms with Gasteiger partial charge in [-0.3, -0.25) is 0 Å². The highest BCUT2D eigenvalue weighted by molar-refractivity contribution is 6.29. The second kappa shape index (κ2) is 9.62. The first-order valence-corrected chi connectivity index (χ1v) is 15.5. The van der Waals surface area contributed by atoms with E-state index < -0.39 is 0 Å². The minimum atomic E-state index is 0.713. The first kappa shape index (κ1) is 25.1. The quantitative estimate of drug-likeness (QED) is 0.207. The van der Waals surface area contributed by atoms with Crippen LogP contribution in [0, 0.1) is 0 Å². The van der Waals surface area contributed by atoms with Gasteiger partial charge in [0.25, 0.3) is 0 Å². The largest absolute Gasteiger partial charge is 0.455 e. The molecule has 0 aliphatic carbocycles. The molecule has 0 N–H and O–H groups in total. The number of benzene rings is 7. The van der Waals surface area contributed by atoms with Gasteiger partial charge < -0.3 is 8.98 Å². The molecule has 3 heterocycles. The van der Waals surface area contributed by atoms with Crippen LogP contribution in [-0.2, 0) is 0 Å². The smallest absolute Gasteiger partial charge is 0.160 e. The van der Waals surface area contributed by atoms with Gasteiger partial charge in [-0.1, -0.05) is 97.1 Å². The van der Waals surface area contributed by atoms with Gasteiger partial charge in [0, 0.05) is 49.1 Å². The van der Waals surface area contributed by atoms with Crippen molar-refractivity contribution in [3.63, 3.8) is 0 Å². The topological polar surface area (TPSA) is 43.9 Å². The first-order valence-electron chi connectivity index (χ1n) is 15.5. The third kappa shape index (κ3) is 3.61. The molecule has 4 nitrogen and oxygen atoms in total. The summed E-state index contributed by atoms with van der Waals surface area (Å²) in [6.07, 6.45) is 0. The Labute approximate surface area is 263 Å². The Bertz CT molecular complexity index is 2790. The van der Waals surface area contributed by atoms with Crippen molar-refractivity contribution in [3.05, 3.63) is 152 Å². The van der Waals surface area contributed by atoms with Crippen LogP contribution >= 0.6 is 0 Å². The highest BCUT2D eigenvalue weighted by Gasteiger charge is 2.19. The predicted molar refractivity (Wildman–Crippen MR) is 190 cm³/mol. The van der Waals surface area contributed by atoms with Gasteiger partial charge in [-0.25, -0.2) is 9.97 Å². The minimum absolute atomic E-state index is 0.713. The lowest BCUT2D eigenvalue weighted by Crippen LogP contribution is -1.97. The van der Waals surface area contributed by atoms with E-state index in [2.05, 4.69) is 126 Å². The van der Waals surface area contributed by atoms with E-state index in [1.165, 1.54) is 16.2 Å². The Morgan fingerprint density at radius 3 is 2.04 bits per heavy atom. The highest BCUT2D eigenvalue weighted by atomic mass is 16.3. The third-order valence-electron chi connectivity index (χ3n) is 9.20. The first-order chi connectivity index (χ1) is 22.8. The number of fused-ring (bicyclic) bond motifs is 10. The predicted octanol–water partition coefficient (Wildman–Crippen LogP) is 11.1. The standard InChI is InChI=1S/C42H25N3O/c1-2-10-27(11-3-1)40-32-13-4-7-15-34(32)43-42(44-40)28-18-22-29(23-19-28)45-35-16-8-5-14-33(35)39-36(45)25-21-26-20-24-31-30-12-6-9-17-37(30)46-41(31)38(26)39/h1-25H.